The third-order valence-corrected chi connectivity index (χ3v) is 28.7. The zero-order valence-corrected chi connectivity index (χ0v) is 18.3. The van der Waals surface area contributed by atoms with Gasteiger partial charge in [0.05, 0.1) is 0 Å². The number of nitrogens with zero attached hydrogens (tertiary/aromatic N) is 4. The highest BCUT2D eigenvalue weighted by Gasteiger charge is 2.56. The van der Waals surface area contributed by atoms with Crippen LogP contribution in [0.4, 0.5) is 0 Å². The molecule has 2 aliphatic rings. The molecule has 0 unspecified atom stereocenters. The van der Waals surface area contributed by atoms with Crippen molar-refractivity contribution < 1.29 is 0 Å². The second kappa shape index (κ2) is 5.24. The monoisotopic (exact) mass is 320 g/mol. The van der Waals surface area contributed by atoms with Gasteiger partial charge >= 0.3 is 0 Å². The van der Waals surface area contributed by atoms with Crippen LogP contribution in [-0.2, 0) is 0 Å². The molecule has 18 heavy (non-hydrogen) atoms. The van der Waals surface area contributed by atoms with Gasteiger partial charge in [-0.05, 0) is 67.5 Å². The molecule has 4 nitrogen and oxygen atoms in total. The highest BCUT2D eigenvalue weighted by Crippen LogP contribution is 2.34. The highest BCUT2D eigenvalue weighted by molar-refractivity contribution is 7.03. The summed E-state index contributed by atoms with van der Waals surface area (Å²) in [6.45, 7) is 14.4. The fourth-order valence-electron chi connectivity index (χ4n) is 2.87. The van der Waals surface area contributed by atoms with E-state index >= 15 is 0 Å². The van der Waals surface area contributed by atoms with Gasteiger partial charge in [0.1, 0.15) is 0 Å². The van der Waals surface area contributed by atoms with Crippen LogP contribution in [-0.4, -0.2) is 80.1 Å². The van der Waals surface area contributed by atoms with Crippen molar-refractivity contribution in [1.29, 1.82) is 0 Å². The molecule has 0 radical (unpaired) electrons. The maximum atomic E-state index is 2.65. The Kier molecular flexibility index (Phi) is 4.88. The van der Waals surface area contributed by atoms with Gasteiger partial charge in [-0.25, -0.2) is 0 Å². The molecule has 2 saturated heterocycles. The van der Waals surface area contributed by atoms with Gasteiger partial charge in [0.15, 0.2) is 35.0 Å². The van der Waals surface area contributed by atoms with E-state index in [0.29, 0.717) is 0 Å². The Morgan fingerprint density at radius 2 is 0.833 bits per heavy atom. The molecule has 0 amide bonds. The Morgan fingerprint density at radius 3 is 0.944 bits per heavy atom. The van der Waals surface area contributed by atoms with E-state index in [1.54, 1.807) is 0 Å². The van der Waals surface area contributed by atoms with E-state index in [9.17, 15) is 0 Å². The predicted octanol–water partition coefficient (Wildman–Crippen LogP) is 0.831. The van der Waals surface area contributed by atoms with Crippen LogP contribution in [0.1, 0.15) is 0 Å². The summed E-state index contributed by atoms with van der Waals surface area (Å²) in [5.41, 5.74) is 0. The fraction of sp³-hybridized carbons (Fsp3) is 1.00. The second-order valence-electron chi connectivity index (χ2n) is 6.70. The van der Waals surface area contributed by atoms with E-state index < -0.39 is 35.0 Å². The summed E-state index contributed by atoms with van der Waals surface area (Å²) in [5, 5.41) is 0. The van der Waals surface area contributed by atoms with E-state index in [1.807, 2.05) is 0 Å². The molecule has 8 heteroatoms. The number of rotatable bonds is 0. The smallest absolute Gasteiger partial charge is 0.188 e. The van der Waals surface area contributed by atoms with Crippen molar-refractivity contribution in [3.05, 3.63) is 0 Å². The maximum absolute atomic E-state index is 2.65. The summed E-state index contributed by atoms with van der Waals surface area (Å²) in [6.07, 6.45) is 0. The largest absolute Gasteiger partial charge is 0.330 e. The minimum absolute atomic E-state index is 0.487. The van der Waals surface area contributed by atoms with E-state index in [1.165, 1.54) is 0 Å². The summed E-state index contributed by atoms with van der Waals surface area (Å²) >= 11 is 0. The highest BCUT2D eigenvalue weighted by atomic mass is 28.5. The first-order valence-corrected chi connectivity index (χ1v) is 17.0. The summed E-state index contributed by atoms with van der Waals surface area (Å²) in [4.78, 5) is 0. The molecule has 0 saturated carbocycles. The molecule has 0 aliphatic carbocycles. The summed E-state index contributed by atoms with van der Waals surface area (Å²) in [6, 6.07) is 0. The topological polar surface area (TPSA) is 13.0 Å². The molecule has 0 atom stereocenters. The van der Waals surface area contributed by atoms with Gasteiger partial charge in [-0.2, -0.15) is 0 Å². The van der Waals surface area contributed by atoms with Crippen LogP contribution >= 0.6 is 0 Å². The van der Waals surface area contributed by atoms with Crippen LogP contribution in [0, 0.1) is 0 Å². The lowest BCUT2D eigenvalue weighted by molar-refractivity contribution is 0.484. The van der Waals surface area contributed by atoms with Gasteiger partial charge in [0, 0.05) is 0 Å². The average Bonchev–Trinajstić information content (AvgIpc) is 2.34. The molecule has 2 rings (SSSR count). The van der Waals surface area contributed by atoms with E-state index in [-0.39, 0.29) is 0 Å². The third-order valence-electron chi connectivity index (χ3n) is 5.64. The minimum atomic E-state index is -1.06. The van der Waals surface area contributed by atoms with Crippen molar-refractivity contribution in [2.45, 2.75) is 39.3 Å². The predicted molar refractivity (Wildman–Crippen MR) is 92.0 cm³/mol. The van der Waals surface area contributed by atoms with Crippen molar-refractivity contribution in [1.82, 2.24) is 16.9 Å². The first kappa shape index (κ1) is 16.8. The van der Waals surface area contributed by atoms with Crippen molar-refractivity contribution >= 4 is 35.0 Å². The third kappa shape index (κ3) is 2.49. The van der Waals surface area contributed by atoms with Gasteiger partial charge in [0.2, 0.25) is 0 Å². The second-order valence-corrected chi connectivity index (χ2v) is 23.2. The molecule has 2 aliphatic heterocycles. The molecule has 0 aromatic rings. The lowest BCUT2D eigenvalue weighted by atomic mass is 11.5. The van der Waals surface area contributed by atoms with Gasteiger partial charge in [-0.15, -0.1) is 0 Å². The lowest BCUT2D eigenvalue weighted by Gasteiger charge is -2.64. The Hall–Kier alpha value is 0.708. The normalized spacial score (nSPS) is 36.3. The number of hydrogen-bond acceptors (Lipinski definition) is 4. The molecule has 0 aromatic carbocycles. The zero-order chi connectivity index (χ0) is 14.5. The molecule has 0 aromatic heterocycles. The Labute approximate surface area is 119 Å². The molecule has 0 N–H and O–H groups in total. The summed E-state index contributed by atoms with van der Waals surface area (Å²) in [5.74, 6) is 0. The molecule has 2 fully saturated rings. The summed E-state index contributed by atoms with van der Waals surface area (Å²) in [7, 11) is 6.02. The van der Waals surface area contributed by atoms with Crippen LogP contribution < -0.4 is 0 Å². The fourth-order valence-corrected chi connectivity index (χ4v) is 23.3. The average molecular weight is 321 g/mol. The molecular weight excluding hydrogens is 288 g/mol. The zero-order valence-electron chi connectivity index (χ0n) is 13.9. The van der Waals surface area contributed by atoms with Crippen LogP contribution in [0.15, 0.2) is 0 Å². The van der Waals surface area contributed by atoms with Gasteiger partial charge in [-0.3, -0.25) is 0 Å². The van der Waals surface area contributed by atoms with Crippen molar-refractivity contribution in [2.75, 3.05) is 28.2 Å². The SMILES string of the molecule is CN1[SiH](C)N(C)[SiH]1C.CN1[Si](C)(C)N(C)[Si]1(C)C. The van der Waals surface area contributed by atoms with Crippen LogP contribution in [0.25, 0.3) is 0 Å². The Balaban J connectivity index is 0.000000184. The first-order valence-electron chi connectivity index (χ1n) is 6.87. The minimum Gasteiger partial charge on any atom is -0.330 e. The van der Waals surface area contributed by atoms with Crippen molar-refractivity contribution in [3.8, 4) is 0 Å². The Morgan fingerprint density at radius 1 is 0.611 bits per heavy atom. The van der Waals surface area contributed by atoms with Gasteiger partial charge in [0.25, 0.3) is 0 Å². The maximum Gasteiger partial charge on any atom is 0.188 e. The van der Waals surface area contributed by atoms with Crippen molar-refractivity contribution in [3.63, 3.8) is 0 Å². The van der Waals surface area contributed by atoms with Gasteiger partial charge < -0.3 is 16.9 Å². The molecule has 108 valence electrons. The van der Waals surface area contributed by atoms with Gasteiger partial charge in [-0.1, -0.05) is 0 Å². The lowest BCUT2D eigenvalue weighted by Crippen LogP contribution is -2.87. The van der Waals surface area contributed by atoms with Crippen LogP contribution in [0.3, 0.4) is 0 Å². The number of hydrogen-bond donors (Lipinski definition) is 0. The quantitative estimate of drug-likeness (QED) is 0.613. The van der Waals surface area contributed by atoms with E-state index in [0.717, 1.165) is 0 Å². The molecule has 0 bridgehead atoms. The van der Waals surface area contributed by atoms with E-state index in [4.69, 9.17) is 0 Å². The standard InChI is InChI=1S/C6H18N2Si2.C4H14N2Si2/c1-7-9(3,4)8(2)10(7,5)6;1-5-7(3)6(2)8(5)4/h1-6H3;7-8H,1-4H3. The van der Waals surface area contributed by atoms with E-state index in [2.05, 4.69) is 84.4 Å². The first-order chi connectivity index (χ1) is 7.95. The molecule has 0 spiro atoms. The Bertz CT molecular complexity index is 250. The molecular formula is C10H32N4Si4. The molecule has 2 heterocycles. The van der Waals surface area contributed by atoms with Crippen LogP contribution in [0.2, 0.25) is 39.3 Å². The van der Waals surface area contributed by atoms with Crippen LogP contribution in [0.5, 0.6) is 0 Å². The van der Waals surface area contributed by atoms with Crippen molar-refractivity contribution in [2.24, 2.45) is 0 Å². The summed E-state index contributed by atoms with van der Waals surface area (Å²) < 4.78 is 10.5.